The summed E-state index contributed by atoms with van der Waals surface area (Å²) >= 11 is 5.89. The Kier molecular flexibility index (Phi) is 6.68. The monoisotopic (exact) mass is 363 g/mol. The fourth-order valence-electron chi connectivity index (χ4n) is 2.65. The molecule has 0 aliphatic heterocycles. The Hall–Kier alpha value is -1.78. The van der Waals surface area contributed by atoms with Gasteiger partial charge in [0.15, 0.2) is 0 Å². The Balaban J connectivity index is 1.96. The van der Waals surface area contributed by atoms with Gasteiger partial charge in [-0.05, 0) is 49.5 Å². The molecule has 0 saturated carbocycles. The van der Waals surface area contributed by atoms with Crippen molar-refractivity contribution in [1.82, 2.24) is 4.90 Å². The highest BCUT2D eigenvalue weighted by molar-refractivity contribution is 6.30. The number of ether oxygens (including phenoxy) is 1. The number of rotatable bonds is 8. The van der Waals surface area contributed by atoms with E-state index in [2.05, 4.69) is 32.6 Å². The van der Waals surface area contributed by atoms with Gasteiger partial charge in [-0.15, -0.1) is 0 Å². The number of carbonyl (C=O) groups excluding carboxylic acids is 1. The number of furan rings is 1. The van der Waals surface area contributed by atoms with Crippen LogP contribution in [0.15, 0.2) is 40.8 Å². The molecule has 4 nitrogen and oxygen atoms in total. The quantitative estimate of drug-likeness (QED) is 0.610. The molecule has 0 aliphatic carbocycles. The van der Waals surface area contributed by atoms with Crippen molar-refractivity contribution in [2.24, 2.45) is 5.41 Å². The van der Waals surface area contributed by atoms with Gasteiger partial charge in [-0.25, -0.2) is 4.79 Å². The van der Waals surface area contributed by atoms with Crippen molar-refractivity contribution in [3.05, 3.63) is 47.2 Å². The number of hydrogen-bond donors (Lipinski definition) is 0. The lowest BCUT2D eigenvalue weighted by molar-refractivity contribution is 0.0243. The van der Waals surface area contributed by atoms with E-state index in [4.69, 9.17) is 20.8 Å². The second kappa shape index (κ2) is 8.54. The highest BCUT2D eigenvalue weighted by atomic mass is 35.5. The minimum Gasteiger partial charge on any atom is -0.459 e. The highest BCUT2D eigenvalue weighted by Crippen LogP contribution is 2.25. The lowest BCUT2D eigenvalue weighted by atomic mass is 9.94. The molecule has 1 aromatic heterocycles. The Morgan fingerprint density at radius 3 is 2.36 bits per heavy atom. The summed E-state index contributed by atoms with van der Waals surface area (Å²) in [5.74, 6) is 0.391. The minimum absolute atomic E-state index is 0.118. The number of nitrogens with zero attached hydrogens (tertiary/aromatic N) is 1. The van der Waals surface area contributed by atoms with Gasteiger partial charge >= 0.3 is 5.97 Å². The van der Waals surface area contributed by atoms with Crippen molar-refractivity contribution in [2.45, 2.75) is 27.7 Å². The zero-order chi connectivity index (χ0) is 18.4. The van der Waals surface area contributed by atoms with Gasteiger partial charge in [-0.3, -0.25) is 0 Å². The Morgan fingerprint density at radius 1 is 1.12 bits per heavy atom. The van der Waals surface area contributed by atoms with Gasteiger partial charge in [0.1, 0.15) is 5.76 Å². The maximum atomic E-state index is 12.3. The Bertz CT molecular complexity index is 687. The molecule has 0 unspecified atom stereocenters. The van der Waals surface area contributed by atoms with Gasteiger partial charge in [0.25, 0.3) is 0 Å². The van der Waals surface area contributed by atoms with Crippen LogP contribution in [-0.4, -0.2) is 37.1 Å². The third-order valence-electron chi connectivity index (χ3n) is 4.08. The SMILES string of the molecule is CCN(CC)CC(C)(C)COC(=O)c1ccc(-c2ccc(Cl)cc2)o1. The van der Waals surface area contributed by atoms with E-state index in [9.17, 15) is 4.79 Å². The molecule has 0 atom stereocenters. The van der Waals surface area contributed by atoms with E-state index in [1.807, 2.05) is 12.1 Å². The summed E-state index contributed by atoms with van der Waals surface area (Å²) in [5, 5.41) is 0.658. The summed E-state index contributed by atoms with van der Waals surface area (Å²) in [6.07, 6.45) is 0. The van der Waals surface area contributed by atoms with Crippen LogP contribution in [0.4, 0.5) is 0 Å². The van der Waals surface area contributed by atoms with Gasteiger partial charge in [-0.1, -0.05) is 39.3 Å². The Morgan fingerprint density at radius 2 is 1.76 bits per heavy atom. The summed E-state index contributed by atoms with van der Waals surface area (Å²) in [5.41, 5.74) is 0.748. The first-order valence-electron chi connectivity index (χ1n) is 8.60. The fraction of sp³-hybridized carbons (Fsp3) is 0.450. The van der Waals surface area contributed by atoms with Crippen molar-refractivity contribution in [3.8, 4) is 11.3 Å². The van der Waals surface area contributed by atoms with Crippen molar-refractivity contribution >= 4 is 17.6 Å². The third kappa shape index (κ3) is 5.62. The molecule has 2 rings (SSSR count). The molecule has 0 N–H and O–H groups in total. The standard InChI is InChI=1S/C20H26ClNO3/c1-5-22(6-2)13-20(3,4)14-24-19(23)18-12-11-17(25-18)15-7-9-16(21)10-8-15/h7-12H,5-6,13-14H2,1-4H3. The van der Waals surface area contributed by atoms with Crippen molar-refractivity contribution in [3.63, 3.8) is 0 Å². The van der Waals surface area contributed by atoms with Crippen LogP contribution < -0.4 is 0 Å². The molecule has 0 amide bonds. The summed E-state index contributed by atoms with van der Waals surface area (Å²) in [6.45, 7) is 11.6. The van der Waals surface area contributed by atoms with Crippen molar-refractivity contribution in [2.75, 3.05) is 26.2 Å². The first-order valence-corrected chi connectivity index (χ1v) is 8.97. The predicted octanol–water partition coefficient (Wildman–Crippen LogP) is 5.12. The molecular formula is C20H26ClNO3. The molecule has 0 radical (unpaired) electrons. The van der Waals surface area contributed by atoms with Crippen LogP contribution in [0.1, 0.15) is 38.2 Å². The number of carbonyl (C=O) groups is 1. The van der Waals surface area contributed by atoms with E-state index in [1.54, 1.807) is 24.3 Å². The molecule has 0 fully saturated rings. The molecule has 2 aromatic rings. The molecule has 0 bridgehead atoms. The number of benzene rings is 1. The maximum Gasteiger partial charge on any atom is 0.374 e. The van der Waals surface area contributed by atoms with Crippen LogP contribution in [-0.2, 0) is 4.74 Å². The number of hydrogen-bond acceptors (Lipinski definition) is 4. The van der Waals surface area contributed by atoms with Gasteiger partial charge in [0.2, 0.25) is 5.76 Å². The van der Waals surface area contributed by atoms with Crippen molar-refractivity contribution in [1.29, 1.82) is 0 Å². The zero-order valence-corrected chi connectivity index (χ0v) is 16.1. The van der Waals surface area contributed by atoms with Crippen molar-refractivity contribution < 1.29 is 13.9 Å². The van der Waals surface area contributed by atoms with Gasteiger partial charge in [0, 0.05) is 22.5 Å². The van der Waals surface area contributed by atoms with Gasteiger partial charge in [0.05, 0.1) is 6.61 Å². The van der Waals surface area contributed by atoms with E-state index in [0.29, 0.717) is 17.4 Å². The molecule has 25 heavy (non-hydrogen) atoms. The molecule has 0 spiro atoms. The van der Waals surface area contributed by atoms with Crippen LogP contribution in [0.2, 0.25) is 5.02 Å². The fourth-order valence-corrected chi connectivity index (χ4v) is 2.77. The second-order valence-electron chi connectivity index (χ2n) is 6.87. The highest BCUT2D eigenvalue weighted by Gasteiger charge is 2.24. The van der Waals surface area contributed by atoms with Crippen LogP contribution in [0.25, 0.3) is 11.3 Å². The summed E-state index contributed by atoms with van der Waals surface area (Å²) < 4.78 is 11.1. The largest absolute Gasteiger partial charge is 0.459 e. The summed E-state index contributed by atoms with van der Waals surface area (Å²) in [6, 6.07) is 10.7. The number of esters is 1. The van der Waals surface area contributed by atoms with E-state index >= 15 is 0 Å². The lowest BCUT2D eigenvalue weighted by Crippen LogP contribution is -2.37. The van der Waals surface area contributed by atoms with Crippen LogP contribution in [0.3, 0.4) is 0 Å². The topological polar surface area (TPSA) is 42.7 Å². The van der Waals surface area contributed by atoms with Gasteiger partial charge in [-0.2, -0.15) is 0 Å². The second-order valence-corrected chi connectivity index (χ2v) is 7.31. The average Bonchev–Trinajstić information content (AvgIpc) is 3.08. The molecular weight excluding hydrogens is 338 g/mol. The zero-order valence-electron chi connectivity index (χ0n) is 15.3. The molecule has 0 aliphatic rings. The van der Waals surface area contributed by atoms with E-state index in [-0.39, 0.29) is 11.2 Å². The summed E-state index contributed by atoms with van der Waals surface area (Å²) in [4.78, 5) is 14.6. The molecule has 5 heteroatoms. The smallest absolute Gasteiger partial charge is 0.374 e. The third-order valence-corrected chi connectivity index (χ3v) is 4.33. The van der Waals surface area contributed by atoms with Gasteiger partial charge < -0.3 is 14.1 Å². The molecule has 0 saturated heterocycles. The molecule has 136 valence electrons. The van der Waals surface area contributed by atoms with E-state index in [0.717, 1.165) is 25.2 Å². The summed E-state index contributed by atoms with van der Waals surface area (Å²) in [7, 11) is 0. The normalized spacial score (nSPS) is 11.8. The Labute approximate surface area is 154 Å². The van der Waals surface area contributed by atoms with Crippen LogP contribution >= 0.6 is 11.6 Å². The first kappa shape index (κ1) is 19.5. The van der Waals surface area contributed by atoms with E-state index < -0.39 is 5.97 Å². The molecule has 1 aromatic carbocycles. The van der Waals surface area contributed by atoms with Crippen LogP contribution in [0.5, 0.6) is 0 Å². The van der Waals surface area contributed by atoms with E-state index in [1.165, 1.54) is 0 Å². The molecule has 1 heterocycles. The predicted molar refractivity (Wildman–Crippen MR) is 101 cm³/mol. The lowest BCUT2D eigenvalue weighted by Gasteiger charge is -2.30. The minimum atomic E-state index is -0.437. The average molecular weight is 364 g/mol. The number of halogens is 1. The first-order chi connectivity index (χ1) is 11.8. The maximum absolute atomic E-state index is 12.3. The van der Waals surface area contributed by atoms with Crippen LogP contribution in [0, 0.1) is 5.41 Å².